The fourth-order valence-electron chi connectivity index (χ4n) is 2.12. The van der Waals surface area contributed by atoms with E-state index in [9.17, 15) is 4.79 Å². The van der Waals surface area contributed by atoms with Gasteiger partial charge in [0.1, 0.15) is 10.7 Å². The Labute approximate surface area is 135 Å². The summed E-state index contributed by atoms with van der Waals surface area (Å²) in [6.07, 6.45) is 0.295. The molecule has 106 valence electrons. The van der Waals surface area contributed by atoms with Crippen LogP contribution in [0.1, 0.15) is 26.1 Å². The predicted molar refractivity (Wildman–Crippen MR) is 89.1 cm³/mol. The monoisotopic (exact) mass is 360 g/mol. The number of aryl methyl sites for hydroxylation is 2. The van der Waals surface area contributed by atoms with E-state index in [2.05, 4.69) is 25.9 Å². The largest absolute Gasteiger partial charge is 0.292 e. The molecule has 1 aromatic carbocycles. The number of halogens is 1. The van der Waals surface area contributed by atoms with E-state index in [4.69, 9.17) is 0 Å². The van der Waals surface area contributed by atoms with Gasteiger partial charge in [-0.2, -0.15) is 0 Å². The van der Waals surface area contributed by atoms with E-state index < -0.39 is 0 Å². The molecule has 0 aliphatic carbocycles. The summed E-state index contributed by atoms with van der Waals surface area (Å²) >= 11 is 5.02. The van der Waals surface area contributed by atoms with Crippen molar-refractivity contribution in [2.24, 2.45) is 0 Å². The molecule has 3 nitrogen and oxygen atoms in total. The average Bonchev–Trinajstić information content (AvgIpc) is 2.76. The number of thiazole rings is 1. The zero-order valence-electron chi connectivity index (χ0n) is 11.7. The Morgan fingerprint density at radius 3 is 2.71 bits per heavy atom. The van der Waals surface area contributed by atoms with Crippen molar-refractivity contribution in [1.29, 1.82) is 0 Å². The number of fused-ring (bicyclic) bond motifs is 1. The molecule has 0 spiro atoms. The highest BCUT2D eigenvalue weighted by Gasteiger charge is 2.16. The van der Waals surface area contributed by atoms with Crippen LogP contribution >= 0.6 is 27.3 Å². The molecule has 0 unspecified atom stereocenters. The number of benzene rings is 1. The van der Waals surface area contributed by atoms with Gasteiger partial charge in [0.05, 0.1) is 17.6 Å². The lowest BCUT2D eigenvalue weighted by Gasteiger charge is -2.04. The van der Waals surface area contributed by atoms with Crippen molar-refractivity contribution in [2.45, 2.75) is 20.3 Å². The minimum absolute atomic E-state index is 0.0126. The molecule has 3 rings (SSSR count). The molecule has 0 bridgehead atoms. The summed E-state index contributed by atoms with van der Waals surface area (Å²) in [6.45, 7) is 3.98. The molecule has 0 saturated heterocycles. The van der Waals surface area contributed by atoms with E-state index in [0.717, 1.165) is 31.0 Å². The molecule has 0 fully saturated rings. The molecule has 0 saturated carbocycles. The number of rotatable bonds is 3. The standard InChI is InChI=1S/C16H13BrN2OS/c1-9-10(2)21-15(18-9)8-14(20)16-12(17)7-11-5-3-4-6-13(11)19-16/h3-7H,8H2,1-2H3. The Balaban J connectivity index is 1.95. The zero-order chi connectivity index (χ0) is 15.0. The third-order valence-corrected chi connectivity index (χ3v) is 5.00. The summed E-state index contributed by atoms with van der Waals surface area (Å²) in [5.74, 6) is -0.0126. The molecule has 5 heteroatoms. The van der Waals surface area contributed by atoms with Gasteiger partial charge in [-0.25, -0.2) is 9.97 Å². The topological polar surface area (TPSA) is 42.9 Å². The van der Waals surface area contributed by atoms with E-state index >= 15 is 0 Å². The summed E-state index contributed by atoms with van der Waals surface area (Å²) < 4.78 is 0.733. The Kier molecular flexibility index (Phi) is 3.87. The summed E-state index contributed by atoms with van der Waals surface area (Å²) in [4.78, 5) is 22.5. The lowest BCUT2D eigenvalue weighted by Crippen LogP contribution is -2.07. The third-order valence-electron chi connectivity index (χ3n) is 3.33. The number of Topliss-reactive ketones (excluding diaryl/α,β-unsaturated/α-hetero) is 1. The van der Waals surface area contributed by atoms with Crippen LogP contribution in [-0.2, 0) is 6.42 Å². The molecule has 0 aliphatic rings. The van der Waals surface area contributed by atoms with Crippen molar-refractivity contribution in [2.75, 3.05) is 0 Å². The Bertz CT molecular complexity index is 822. The molecule has 0 amide bonds. The smallest absolute Gasteiger partial charge is 0.189 e. The summed E-state index contributed by atoms with van der Waals surface area (Å²) in [5, 5.41) is 1.86. The zero-order valence-corrected chi connectivity index (χ0v) is 14.1. The quantitative estimate of drug-likeness (QED) is 0.646. The first kappa shape index (κ1) is 14.4. The highest BCUT2D eigenvalue weighted by molar-refractivity contribution is 9.10. The number of hydrogen-bond acceptors (Lipinski definition) is 4. The maximum atomic E-state index is 12.5. The van der Waals surface area contributed by atoms with E-state index in [1.165, 1.54) is 0 Å². The van der Waals surface area contributed by atoms with Gasteiger partial charge < -0.3 is 0 Å². The molecule has 0 aliphatic heterocycles. The number of para-hydroxylation sites is 1. The first-order valence-electron chi connectivity index (χ1n) is 6.56. The number of carbonyl (C=O) groups excluding carboxylic acids is 1. The second kappa shape index (κ2) is 5.66. The van der Waals surface area contributed by atoms with Gasteiger partial charge >= 0.3 is 0 Å². The maximum absolute atomic E-state index is 12.5. The fourth-order valence-corrected chi connectivity index (χ4v) is 3.61. The normalized spacial score (nSPS) is 11.0. The highest BCUT2D eigenvalue weighted by Crippen LogP contribution is 2.24. The van der Waals surface area contributed by atoms with Crippen LogP contribution in [0.3, 0.4) is 0 Å². The van der Waals surface area contributed by atoms with Crippen molar-refractivity contribution in [3.05, 3.63) is 56.1 Å². The fraction of sp³-hybridized carbons (Fsp3) is 0.188. The summed E-state index contributed by atoms with van der Waals surface area (Å²) in [5.41, 5.74) is 2.29. The van der Waals surface area contributed by atoms with Crippen LogP contribution in [0.4, 0.5) is 0 Å². The van der Waals surface area contributed by atoms with Crippen LogP contribution in [0.15, 0.2) is 34.8 Å². The van der Waals surface area contributed by atoms with Crippen molar-refractivity contribution in [3.63, 3.8) is 0 Å². The second-order valence-corrected chi connectivity index (χ2v) is 7.00. The lowest BCUT2D eigenvalue weighted by atomic mass is 10.1. The molecule has 2 heterocycles. The van der Waals surface area contributed by atoms with Gasteiger partial charge in [-0.15, -0.1) is 11.3 Å². The minimum Gasteiger partial charge on any atom is -0.292 e. The number of ketones is 1. The second-order valence-electron chi connectivity index (χ2n) is 4.86. The van der Waals surface area contributed by atoms with Crippen molar-refractivity contribution >= 4 is 44.0 Å². The highest BCUT2D eigenvalue weighted by atomic mass is 79.9. The van der Waals surface area contributed by atoms with E-state index in [-0.39, 0.29) is 5.78 Å². The van der Waals surface area contributed by atoms with Gasteiger partial charge in [-0.05, 0) is 41.9 Å². The molecule has 0 atom stereocenters. The Morgan fingerprint density at radius 1 is 1.24 bits per heavy atom. The van der Waals surface area contributed by atoms with Crippen molar-refractivity contribution in [1.82, 2.24) is 9.97 Å². The number of nitrogens with zero attached hydrogens (tertiary/aromatic N) is 2. The minimum atomic E-state index is -0.0126. The van der Waals surface area contributed by atoms with Crippen LogP contribution < -0.4 is 0 Å². The number of aromatic nitrogens is 2. The van der Waals surface area contributed by atoms with Crippen molar-refractivity contribution in [3.8, 4) is 0 Å². The van der Waals surface area contributed by atoms with E-state index in [1.807, 2.05) is 44.2 Å². The first-order valence-corrected chi connectivity index (χ1v) is 8.17. The Hall–Kier alpha value is -1.59. The molecule has 0 radical (unpaired) electrons. The number of hydrogen-bond donors (Lipinski definition) is 0. The van der Waals surface area contributed by atoms with Crippen LogP contribution in [0.2, 0.25) is 0 Å². The summed E-state index contributed by atoms with van der Waals surface area (Å²) in [7, 11) is 0. The van der Waals surface area contributed by atoms with Crippen LogP contribution in [-0.4, -0.2) is 15.8 Å². The number of carbonyl (C=O) groups is 1. The molecular weight excluding hydrogens is 348 g/mol. The molecule has 2 aromatic heterocycles. The van der Waals surface area contributed by atoms with Gasteiger partial charge in [0.2, 0.25) is 0 Å². The molecular formula is C16H13BrN2OS. The van der Waals surface area contributed by atoms with Crippen molar-refractivity contribution < 1.29 is 4.79 Å². The van der Waals surface area contributed by atoms with E-state index in [0.29, 0.717) is 12.1 Å². The van der Waals surface area contributed by atoms with Gasteiger partial charge in [0.15, 0.2) is 5.78 Å². The van der Waals surface area contributed by atoms with Gasteiger partial charge in [-0.3, -0.25) is 4.79 Å². The van der Waals surface area contributed by atoms with Crippen LogP contribution in [0, 0.1) is 13.8 Å². The van der Waals surface area contributed by atoms with Crippen LogP contribution in [0.5, 0.6) is 0 Å². The van der Waals surface area contributed by atoms with Gasteiger partial charge in [0.25, 0.3) is 0 Å². The average molecular weight is 361 g/mol. The summed E-state index contributed by atoms with van der Waals surface area (Å²) in [6, 6.07) is 9.71. The Morgan fingerprint density at radius 2 is 2.00 bits per heavy atom. The molecule has 3 aromatic rings. The van der Waals surface area contributed by atoms with Crippen LogP contribution in [0.25, 0.3) is 10.9 Å². The maximum Gasteiger partial charge on any atom is 0.189 e. The molecule has 0 N–H and O–H groups in total. The predicted octanol–water partition coefficient (Wildman–Crippen LogP) is 4.50. The molecule has 21 heavy (non-hydrogen) atoms. The third kappa shape index (κ3) is 2.89. The van der Waals surface area contributed by atoms with E-state index in [1.54, 1.807) is 11.3 Å². The van der Waals surface area contributed by atoms with Gasteiger partial charge in [0, 0.05) is 14.7 Å². The van der Waals surface area contributed by atoms with Gasteiger partial charge in [-0.1, -0.05) is 18.2 Å². The lowest BCUT2D eigenvalue weighted by molar-refractivity contribution is 0.0987. The number of pyridine rings is 1. The first-order chi connectivity index (χ1) is 10.0. The SMILES string of the molecule is Cc1nc(CC(=O)c2nc3ccccc3cc2Br)sc1C.